The van der Waals surface area contributed by atoms with Crippen molar-refractivity contribution in [1.82, 2.24) is 9.88 Å². The number of carboxylic acids is 1. The van der Waals surface area contributed by atoms with E-state index in [1.807, 2.05) is 12.1 Å². The molecule has 7 rings (SSSR count). The number of rotatable bonds is 9. The summed E-state index contributed by atoms with van der Waals surface area (Å²) in [6.45, 7) is 22.4. The van der Waals surface area contributed by atoms with Gasteiger partial charge in [-0.15, -0.1) is 0 Å². The number of aromatic hydroxyl groups is 2. The lowest BCUT2D eigenvalue weighted by atomic mass is 9.32. The standard InChI is InChI=1S/C44H62N2O4/c1-28(2)31-17-22-44(27-45-25-8-26-46-36(47)15-16-37(46)48)24-23-42(6)33(38(31)44)13-14-35-41(5)20-18-32(29-9-11-30(12-10-29)39(49)50)40(3,4)34(41)19-21-43(35,42)7/h9-12,15-16,18,31,33-35,38,45,47-48H,1,8,13-14,17,19-27H2,2-7H3,(H,49,50)/t31-,33+,34-,35+,38+,41-,42+,43+,44+/m0/s1. The summed E-state index contributed by atoms with van der Waals surface area (Å²) in [6, 6.07) is 10.7. The molecule has 0 saturated heterocycles. The second-order valence-corrected chi connectivity index (χ2v) is 18.7. The predicted octanol–water partition coefficient (Wildman–Crippen LogP) is 9.93. The molecule has 0 radical (unpaired) electrons. The minimum atomic E-state index is -0.868. The first-order chi connectivity index (χ1) is 23.6. The average molecular weight is 683 g/mol. The molecule has 4 saturated carbocycles. The van der Waals surface area contributed by atoms with Gasteiger partial charge in [0.25, 0.3) is 0 Å². The van der Waals surface area contributed by atoms with Gasteiger partial charge in [-0.3, -0.25) is 4.57 Å². The predicted molar refractivity (Wildman–Crippen MR) is 201 cm³/mol. The molecule has 0 unspecified atom stereocenters. The lowest BCUT2D eigenvalue weighted by molar-refractivity contribution is -0.225. The Morgan fingerprint density at radius 3 is 2.24 bits per heavy atom. The van der Waals surface area contributed by atoms with Crippen molar-refractivity contribution in [3.05, 3.63) is 65.8 Å². The van der Waals surface area contributed by atoms with Crippen LogP contribution in [0.2, 0.25) is 0 Å². The number of benzene rings is 1. The fraction of sp³-hybridized carbons (Fsp3) is 0.659. The number of fused-ring (bicyclic) bond motifs is 7. The molecule has 0 aliphatic heterocycles. The van der Waals surface area contributed by atoms with Crippen LogP contribution >= 0.6 is 0 Å². The van der Waals surface area contributed by atoms with Crippen LogP contribution < -0.4 is 5.32 Å². The second-order valence-electron chi connectivity index (χ2n) is 18.7. The first kappa shape index (κ1) is 35.4. The Kier molecular flexibility index (Phi) is 8.72. The van der Waals surface area contributed by atoms with Crippen LogP contribution in [0.1, 0.15) is 122 Å². The summed E-state index contributed by atoms with van der Waals surface area (Å²) in [5.41, 5.74) is 5.43. The van der Waals surface area contributed by atoms with Gasteiger partial charge < -0.3 is 20.6 Å². The summed E-state index contributed by atoms with van der Waals surface area (Å²) >= 11 is 0. The number of aromatic nitrogens is 1. The molecule has 4 N–H and O–H groups in total. The average Bonchev–Trinajstić information content (AvgIpc) is 3.60. The van der Waals surface area contributed by atoms with E-state index < -0.39 is 5.97 Å². The van der Waals surface area contributed by atoms with E-state index in [-0.39, 0.29) is 28.0 Å². The van der Waals surface area contributed by atoms with Gasteiger partial charge in [-0.1, -0.05) is 65.0 Å². The summed E-state index contributed by atoms with van der Waals surface area (Å²) in [6.07, 6.45) is 14.8. The van der Waals surface area contributed by atoms with E-state index in [1.165, 1.54) is 68.1 Å². The molecule has 0 bridgehead atoms. The third-order valence-electron chi connectivity index (χ3n) is 16.4. The Morgan fingerprint density at radius 2 is 1.58 bits per heavy atom. The lowest BCUT2D eigenvalue weighted by Gasteiger charge is -2.72. The molecule has 4 fully saturated rings. The molecule has 9 atom stereocenters. The maximum atomic E-state index is 11.6. The van der Waals surface area contributed by atoms with Gasteiger partial charge in [0.1, 0.15) is 0 Å². The van der Waals surface area contributed by atoms with Gasteiger partial charge in [-0.05, 0) is 158 Å². The number of nitrogens with one attached hydrogen (secondary N) is 1. The van der Waals surface area contributed by atoms with Crippen molar-refractivity contribution in [2.45, 2.75) is 112 Å². The van der Waals surface area contributed by atoms with Gasteiger partial charge in [-0.25, -0.2) is 4.79 Å². The normalized spacial score (nSPS) is 38.7. The fourth-order valence-corrected chi connectivity index (χ4v) is 13.9. The summed E-state index contributed by atoms with van der Waals surface area (Å²) in [7, 11) is 0. The van der Waals surface area contributed by atoms with Gasteiger partial charge in [0.15, 0.2) is 11.8 Å². The van der Waals surface area contributed by atoms with Crippen LogP contribution in [0.25, 0.3) is 5.57 Å². The number of allylic oxidation sites excluding steroid dienone is 3. The molecular formula is C44H62N2O4. The molecular weight excluding hydrogens is 620 g/mol. The van der Waals surface area contributed by atoms with Crippen molar-refractivity contribution >= 4 is 11.5 Å². The molecule has 1 aromatic carbocycles. The number of hydrogen-bond acceptors (Lipinski definition) is 4. The van der Waals surface area contributed by atoms with Gasteiger partial charge in [0.2, 0.25) is 0 Å². The summed E-state index contributed by atoms with van der Waals surface area (Å²) in [5.74, 6) is 2.60. The third-order valence-corrected chi connectivity index (χ3v) is 16.4. The van der Waals surface area contributed by atoms with E-state index in [0.717, 1.165) is 25.9 Å². The zero-order valence-electron chi connectivity index (χ0n) is 31.5. The highest BCUT2D eigenvalue weighted by Crippen LogP contribution is 2.77. The molecule has 6 nitrogen and oxygen atoms in total. The Bertz CT molecular complexity index is 1650. The zero-order valence-corrected chi connectivity index (χ0v) is 31.5. The van der Waals surface area contributed by atoms with Crippen molar-refractivity contribution < 1.29 is 20.1 Å². The SMILES string of the molecule is C=C(C)[C@@H]1CC[C@]2(CNCCCn3c(O)ccc3O)CC[C@]3(C)[C@H](CC[C@@H]4[C@@]5(C)CC=C(c6ccc(C(=O)O)cc6)C(C)(C)[C@@H]5CC[C@]43C)[C@@H]12. The lowest BCUT2D eigenvalue weighted by Crippen LogP contribution is -2.65. The molecule has 1 heterocycles. The van der Waals surface area contributed by atoms with Gasteiger partial charge in [0.05, 0.1) is 5.56 Å². The van der Waals surface area contributed by atoms with E-state index >= 15 is 0 Å². The minimum Gasteiger partial charge on any atom is -0.494 e. The van der Waals surface area contributed by atoms with Gasteiger partial charge >= 0.3 is 5.97 Å². The van der Waals surface area contributed by atoms with Crippen LogP contribution in [-0.4, -0.2) is 38.9 Å². The topological polar surface area (TPSA) is 94.7 Å². The highest BCUT2D eigenvalue weighted by molar-refractivity contribution is 5.88. The fourth-order valence-electron chi connectivity index (χ4n) is 13.9. The molecule has 0 amide bonds. The van der Waals surface area contributed by atoms with Crippen molar-refractivity contribution in [3.8, 4) is 11.8 Å². The number of carboxylic acid groups (broad SMARTS) is 1. The number of carbonyl (C=O) groups is 1. The maximum absolute atomic E-state index is 11.6. The first-order valence-corrected chi connectivity index (χ1v) is 19.6. The largest absolute Gasteiger partial charge is 0.494 e. The molecule has 1 aromatic heterocycles. The summed E-state index contributed by atoms with van der Waals surface area (Å²) < 4.78 is 1.58. The summed E-state index contributed by atoms with van der Waals surface area (Å²) in [5, 5.41) is 33.5. The van der Waals surface area contributed by atoms with Crippen LogP contribution in [-0.2, 0) is 6.54 Å². The highest BCUT2D eigenvalue weighted by atomic mass is 16.4. The van der Waals surface area contributed by atoms with Crippen LogP contribution in [0.3, 0.4) is 0 Å². The number of nitrogens with zero attached hydrogens (tertiary/aromatic N) is 1. The van der Waals surface area contributed by atoms with Gasteiger partial charge in [-0.2, -0.15) is 0 Å². The van der Waals surface area contributed by atoms with E-state index in [9.17, 15) is 20.1 Å². The first-order valence-electron chi connectivity index (χ1n) is 19.6. The molecule has 5 aliphatic carbocycles. The van der Waals surface area contributed by atoms with Crippen molar-refractivity contribution in [1.29, 1.82) is 0 Å². The molecule has 5 aliphatic rings. The van der Waals surface area contributed by atoms with Crippen molar-refractivity contribution in [2.75, 3.05) is 13.1 Å². The Balaban J connectivity index is 1.13. The van der Waals surface area contributed by atoms with Crippen LogP contribution in [0.4, 0.5) is 0 Å². The summed E-state index contributed by atoms with van der Waals surface area (Å²) in [4.78, 5) is 11.6. The van der Waals surface area contributed by atoms with Crippen molar-refractivity contribution in [3.63, 3.8) is 0 Å². The quantitative estimate of drug-likeness (QED) is 0.156. The van der Waals surface area contributed by atoms with E-state index in [4.69, 9.17) is 0 Å². The number of hydrogen-bond donors (Lipinski definition) is 4. The van der Waals surface area contributed by atoms with Crippen LogP contribution in [0.5, 0.6) is 11.8 Å². The monoisotopic (exact) mass is 682 g/mol. The smallest absolute Gasteiger partial charge is 0.335 e. The van der Waals surface area contributed by atoms with Crippen molar-refractivity contribution in [2.24, 2.45) is 56.7 Å². The molecule has 272 valence electrons. The minimum absolute atomic E-state index is 0.0134. The van der Waals surface area contributed by atoms with Crippen LogP contribution in [0, 0.1) is 56.7 Å². The Hall–Kier alpha value is -2.99. The molecule has 6 heteroatoms. The Morgan fingerprint density at radius 1 is 0.880 bits per heavy atom. The molecule has 50 heavy (non-hydrogen) atoms. The van der Waals surface area contributed by atoms with E-state index in [2.05, 4.69) is 59.5 Å². The second kappa shape index (κ2) is 12.3. The molecule has 2 aromatic rings. The van der Waals surface area contributed by atoms with Gasteiger partial charge in [0, 0.05) is 25.2 Å². The number of aromatic carboxylic acids is 1. The van der Waals surface area contributed by atoms with E-state index in [1.54, 1.807) is 28.8 Å². The third kappa shape index (κ3) is 5.16. The Labute approximate surface area is 300 Å². The van der Waals surface area contributed by atoms with Crippen LogP contribution in [0.15, 0.2) is 54.6 Å². The maximum Gasteiger partial charge on any atom is 0.335 e. The highest BCUT2D eigenvalue weighted by Gasteiger charge is 2.70. The van der Waals surface area contributed by atoms with E-state index in [0.29, 0.717) is 52.5 Å². The molecule has 0 spiro atoms. The zero-order chi connectivity index (χ0) is 35.9.